The van der Waals surface area contributed by atoms with Crippen molar-refractivity contribution in [2.24, 2.45) is 0 Å². The second kappa shape index (κ2) is 5.61. The largest absolute Gasteiger partial charge is 0.379 e. The highest BCUT2D eigenvalue weighted by atomic mass is 16.5. The Balaban J connectivity index is 1.67. The topological polar surface area (TPSA) is 36.0 Å². The van der Waals surface area contributed by atoms with Gasteiger partial charge in [0.05, 0.1) is 19.8 Å². The summed E-state index contributed by atoms with van der Waals surface area (Å²) in [6.07, 6.45) is 0. The molecule has 0 aromatic heterocycles. The lowest BCUT2D eigenvalue weighted by Crippen LogP contribution is -2.51. The summed E-state index contributed by atoms with van der Waals surface area (Å²) in [6.45, 7) is 8.27. The van der Waals surface area contributed by atoms with Crippen LogP contribution in [0.4, 0.5) is 0 Å². The lowest BCUT2D eigenvalue weighted by Gasteiger charge is -2.34. The molecule has 0 atom stereocenters. The Hall–Kier alpha value is -0.650. The molecule has 0 aromatic carbocycles. The highest BCUT2D eigenvalue weighted by Gasteiger charge is 2.21. The second-order valence-electron chi connectivity index (χ2n) is 4.55. The molecule has 2 rings (SSSR count). The summed E-state index contributed by atoms with van der Waals surface area (Å²) >= 11 is 0. The minimum Gasteiger partial charge on any atom is -0.379 e. The van der Waals surface area contributed by atoms with Gasteiger partial charge < -0.3 is 9.64 Å². The van der Waals surface area contributed by atoms with Crippen LogP contribution in [-0.2, 0) is 9.53 Å². The molecular formula is C11H21N3O2. The molecule has 16 heavy (non-hydrogen) atoms. The molecule has 0 N–H and O–H groups in total. The number of carbonyl (C=O) groups excluding carboxylic acids is 1. The molecule has 0 aromatic rings. The summed E-state index contributed by atoms with van der Waals surface area (Å²) < 4.78 is 5.31. The Morgan fingerprint density at radius 2 is 1.75 bits per heavy atom. The van der Waals surface area contributed by atoms with Gasteiger partial charge in [0.15, 0.2) is 0 Å². The first-order chi connectivity index (χ1) is 7.75. The predicted molar refractivity (Wildman–Crippen MR) is 61.3 cm³/mol. The molecule has 2 aliphatic heterocycles. The van der Waals surface area contributed by atoms with Crippen molar-refractivity contribution in [3.05, 3.63) is 0 Å². The van der Waals surface area contributed by atoms with Crippen molar-refractivity contribution >= 4 is 5.91 Å². The maximum absolute atomic E-state index is 11.5. The summed E-state index contributed by atoms with van der Waals surface area (Å²) in [4.78, 5) is 18.0. The number of piperazine rings is 1. The minimum absolute atomic E-state index is 0.244. The number of morpholine rings is 1. The van der Waals surface area contributed by atoms with Gasteiger partial charge in [0.25, 0.3) is 0 Å². The fourth-order valence-corrected chi connectivity index (χ4v) is 2.11. The Morgan fingerprint density at radius 1 is 1.06 bits per heavy atom. The van der Waals surface area contributed by atoms with E-state index < -0.39 is 0 Å². The van der Waals surface area contributed by atoms with Crippen LogP contribution in [-0.4, -0.2) is 86.7 Å². The number of hydrogen-bond donors (Lipinski definition) is 0. The van der Waals surface area contributed by atoms with Crippen LogP contribution >= 0.6 is 0 Å². The van der Waals surface area contributed by atoms with E-state index in [1.165, 1.54) is 0 Å². The standard InChI is InChI=1S/C11H21N3O2/c1-12-2-3-14(10-11(12)15)5-4-13-6-8-16-9-7-13/h2-10H2,1H3. The Bertz CT molecular complexity index is 241. The van der Waals surface area contributed by atoms with Gasteiger partial charge in [0.2, 0.25) is 5.91 Å². The van der Waals surface area contributed by atoms with Crippen LogP contribution in [0.3, 0.4) is 0 Å². The van der Waals surface area contributed by atoms with Crippen molar-refractivity contribution in [1.82, 2.24) is 14.7 Å². The zero-order valence-electron chi connectivity index (χ0n) is 10.0. The van der Waals surface area contributed by atoms with E-state index in [-0.39, 0.29) is 5.91 Å². The number of rotatable bonds is 3. The third-order valence-corrected chi connectivity index (χ3v) is 3.37. The molecule has 0 bridgehead atoms. The molecule has 0 spiro atoms. The van der Waals surface area contributed by atoms with E-state index in [0.29, 0.717) is 6.54 Å². The smallest absolute Gasteiger partial charge is 0.236 e. The van der Waals surface area contributed by atoms with E-state index in [9.17, 15) is 4.79 Å². The summed E-state index contributed by atoms with van der Waals surface area (Å²) in [7, 11) is 1.88. The average Bonchev–Trinajstić information content (AvgIpc) is 2.32. The molecule has 92 valence electrons. The number of ether oxygens (including phenoxy) is 1. The second-order valence-corrected chi connectivity index (χ2v) is 4.55. The van der Waals surface area contributed by atoms with Gasteiger partial charge in [-0.1, -0.05) is 0 Å². The van der Waals surface area contributed by atoms with E-state index in [2.05, 4.69) is 9.80 Å². The van der Waals surface area contributed by atoms with E-state index >= 15 is 0 Å². The third-order valence-electron chi connectivity index (χ3n) is 3.37. The molecule has 2 aliphatic rings. The molecule has 0 radical (unpaired) electrons. The Kier molecular flexibility index (Phi) is 4.15. The fourth-order valence-electron chi connectivity index (χ4n) is 2.11. The van der Waals surface area contributed by atoms with E-state index in [0.717, 1.165) is 52.5 Å². The molecule has 2 heterocycles. The van der Waals surface area contributed by atoms with Gasteiger partial charge in [0.1, 0.15) is 0 Å². The summed E-state index contributed by atoms with van der Waals surface area (Å²) in [5, 5.41) is 0. The first kappa shape index (κ1) is 11.8. The summed E-state index contributed by atoms with van der Waals surface area (Å²) in [6, 6.07) is 0. The van der Waals surface area contributed by atoms with Crippen LogP contribution in [0.2, 0.25) is 0 Å². The zero-order valence-corrected chi connectivity index (χ0v) is 10.0. The molecule has 0 aliphatic carbocycles. The zero-order chi connectivity index (χ0) is 11.4. The number of amides is 1. The Labute approximate surface area is 96.9 Å². The van der Waals surface area contributed by atoms with Crippen molar-refractivity contribution in [3.8, 4) is 0 Å². The van der Waals surface area contributed by atoms with Gasteiger partial charge in [-0.25, -0.2) is 0 Å². The fraction of sp³-hybridized carbons (Fsp3) is 0.909. The first-order valence-electron chi connectivity index (χ1n) is 6.02. The lowest BCUT2D eigenvalue weighted by molar-refractivity contribution is -0.134. The first-order valence-corrected chi connectivity index (χ1v) is 6.02. The van der Waals surface area contributed by atoms with Crippen molar-refractivity contribution in [3.63, 3.8) is 0 Å². The van der Waals surface area contributed by atoms with Crippen molar-refractivity contribution in [2.45, 2.75) is 0 Å². The molecule has 1 amide bonds. The SMILES string of the molecule is CN1CCN(CCN2CCOCC2)CC1=O. The highest BCUT2D eigenvalue weighted by molar-refractivity contribution is 5.78. The monoisotopic (exact) mass is 227 g/mol. The van der Waals surface area contributed by atoms with E-state index in [1.54, 1.807) is 0 Å². The molecule has 0 unspecified atom stereocenters. The molecule has 2 saturated heterocycles. The predicted octanol–water partition coefficient (Wildman–Crippen LogP) is -0.907. The summed E-state index contributed by atoms with van der Waals surface area (Å²) in [5.41, 5.74) is 0. The Morgan fingerprint density at radius 3 is 2.44 bits per heavy atom. The van der Waals surface area contributed by atoms with E-state index in [4.69, 9.17) is 4.74 Å². The maximum atomic E-state index is 11.5. The highest BCUT2D eigenvalue weighted by Crippen LogP contribution is 2.02. The maximum Gasteiger partial charge on any atom is 0.236 e. The number of hydrogen-bond acceptors (Lipinski definition) is 4. The van der Waals surface area contributed by atoms with Crippen LogP contribution in [0.15, 0.2) is 0 Å². The number of nitrogens with zero attached hydrogens (tertiary/aromatic N) is 3. The van der Waals surface area contributed by atoms with Gasteiger partial charge in [-0.05, 0) is 0 Å². The van der Waals surface area contributed by atoms with Crippen LogP contribution in [0, 0.1) is 0 Å². The molecular weight excluding hydrogens is 206 g/mol. The molecule has 0 saturated carbocycles. The van der Waals surface area contributed by atoms with Crippen molar-refractivity contribution in [2.75, 3.05) is 66.1 Å². The number of likely N-dealkylation sites (N-methyl/N-ethyl adjacent to an activating group) is 1. The van der Waals surface area contributed by atoms with Crippen molar-refractivity contribution in [1.29, 1.82) is 0 Å². The molecule has 5 nitrogen and oxygen atoms in total. The van der Waals surface area contributed by atoms with Crippen LogP contribution in [0.25, 0.3) is 0 Å². The average molecular weight is 227 g/mol. The van der Waals surface area contributed by atoms with Crippen LogP contribution in [0.1, 0.15) is 0 Å². The van der Waals surface area contributed by atoms with Gasteiger partial charge in [-0.2, -0.15) is 0 Å². The normalized spacial score (nSPS) is 25.1. The third kappa shape index (κ3) is 3.17. The van der Waals surface area contributed by atoms with Gasteiger partial charge in [-0.3, -0.25) is 14.6 Å². The van der Waals surface area contributed by atoms with Gasteiger partial charge >= 0.3 is 0 Å². The quantitative estimate of drug-likeness (QED) is 0.625. The van der Waals surface area contributed by atoms with Crippen molar-refractivity contribution < 1.29 is 9.53 Å². The molecule has 2 fully saturated rings. The summed E-state index contributed by atoms with van der Waals surface area (Å²) in [5.74, 6) is 0.244. The number of carbonyl (C=O) groups is 1. The van der Waals surface area contributed by atoms with E-state index in [1.807, 2.05) is 11.9 Å². The molecule has 5 heteroatoms. The lowest BCUT2D eigenvalue weighted by atomic mass is 10.3. The van der Waals surface area contributed by atoms with Crippen LogP contribution < -0.4 is 0 Å². The van der Waals surface area contributed by atoms with Gasteiger partial charge in [0, 0.05) is 46.3 Å². The van der Waals surface area contributed by atoms with Crippen LogP contribution in [0.5, 0.6) is 0 Å². The van der Waals surface area contributed by atoms with Gasteiger partial charge in [-0.15, -0.1) is 0 Å². The minimum atomic E-state index is 0.244.